The second kappa shape index (κ2) is 8.76. The first-order valence-corrected chi connectivity index (χ1v) is 10.3. The van der Waals surface area contributed by atoms with Crippen molar-refractivity contribution in [1.29, 1.82) is 0 Å². The van der Waals surface area contributed by atoms with E-state index in [1.54, 1.807) is 4.90 Å². The van der Waals surface area contributed by atoms with E-state index in [-0.39, 0.29) is 34.1 Å². The molecule has 1 aliphatic heterocycles. The first-order chi connectivity index (χ1) is 12.9. The van der Waals surface area contributed by atoms with Crippen molar-refractivity contribution in [3.63, 3.8) is 0 Å². The number of nitrogens with zero attached hydrogens (tertiary/aromatic N) is 3. The molecular weight excluding hydrogens is 389 g/mol. The Bertz CT molecular complexity index is 722. The predicted octanol–water partition coefficient (Wildman–Crippen LogP) is 4.31. The maximum absolute atomic E-state index is 13.0. The molecule has 1 aromatic carbocycles. The van der Waals surface area contributed by atoms with E-state index in [1.165, 1.54) is 31.4 Å². The van der Waals surface area contributed by atoms with Crippen LogP contribution < -0.4 is 0 Å². The van der Waals surface area contributed by atoms with E-state index in [2.05, 4.69) is 4.90 Å². The smallest absolute Gasteiger partial charge is 0.274 e. The molecule has 0 radical (unpaired) electrons. The maximum Gasteiger partial charge on any atom is 0.274 e. The highest BCUT2D eigenvalue weighted by Gasteiger charge is 2.35. The number of carbonyl (C=O) groups is 1. The van der Waals surface area contributed by atoms with Gasteiger partial charge < -0.3 is 4.90 Å². The summed E-state index contributed by atoms with van der Waals surface area (Å²) in [5, 5.41) is 11.7. The van der Waals surface area contributed by atoms with Crippen molar-refractivity contribution in [2.45, 2.75) is 57.0 Å². The zero-order valence-corrected chi connectivity index (χ0v) is 17.0. The van der Waals surface area contributed by atoms with Gasteiger partial charge in [-0.2, -0.15) is 0 Å². The van der Waals surface area contributed by atoms with Gasteiger partial charge in [0, 0.05) is 30.8 Å². The molecule has 1 aromatic rings. The summed E-state index contributed by atoms with van der Waals surface area (Å²) < 4.78 is 0. The van der Waals surface area contributed by atoms with Crippen LogP contribution in [-0.4, -0.2) is 52.9 Å². The quantitative estimate of drug-likeness (QED) is 0.532. The van der Waals surface area contributed by atoms with Crippen LogP contribution in [0.5, 0.6) is 0 Å². The molecule has 3 rings (SSSR count). The number of benzene rings is 1. The molecule has 0 bridgehead atoms. The number of nitro benzene ring substituents is 1. The van der Waals surface area contributed by atoms with Crippen LogP contribution in [0.15, 0.2) is 12.1 Å². The summed E-state index contributed by atoms with van der Waals surface area (Å²) in [7, 11) is 1.82. The standard InChI is InChI=1S/C19H25Cl2N3O3/c1-22(16-6-2-3-7-17(16)23-8-4-5-9-23)19(25)11-13-10-14(20)15(21)12-18(13)24(26)27/h10,12,16-17H,2-9,11H2,1H3/t16?,17-/m0/s1. The second-order valence-electron chi connectivity index (χ2n) is 7.50. The number of amides is 1. The average molecular weight is 414 g/mol. The van der Waals surface area contributed by atoms with Crippen molar-refractivity contribution in [3.05, 3.63) is 37.9 Å². The minimum Gasteiger partial charge on any atom is -0.341 e. The van der Waals surface area contributed by atoms with E-state index in [0.29, 0.717) is 11.6 Å². The molecule has 27 heavy (non-hydrogen) atoms. The zero-order chi connectivity index (χ0) is 19.6. The lowest BCUT2D eigenvalue weighted by Gasteiger charge is -2.42. The Balaban J connectivity index is 1.77. The van der Waals surface area contributed by atoms with Crippen molar-refractivity contribution in [2.75, 3.05) is 20.1 Å². The highest BCUT2D eigenvalue weighted by molar-refractivity contribution is 6.42. The Kier molecular flexibility index (Phi) is 6.61. The van der Waals surface area contributed by atoms with Gasteiger partial charge in [-0.3, -0.25) is 19.8 Å². The molecule has 2 aliphatic rings. The fourth-order valence-corrected chi connectivity index (χ4v) is 4.75. The lowest BCUT2D eigenvalue weighted by Crippen LogP contribution is -2.53. The molecule has 0 spiro atoms. The molecule has 148 valence electrons. The van der Waals surface area contributed by atoms with E-state index >= 15 is 0 Å². The van der Waals surface area contributed by atoms with E-state index in [0.717, 1.165) is 32.4 Å². The van der Waals surface area contributed by atoms with Crippen molar-refractivity contribution in [2.24, 2.45) is 0 Å². The van der Waals surface area contributed by atoms with Crippen LogP contribution in [0.2, 0.25) is 10.0 Å². The van der Waals surface area contributed by atoms with Crippen molar-refractivity contribution < 1.29 is 9.72 Å². The Morgan fingerprint density at radius 2 is 1.81 bits per heavy atom. The predicted molar refractivity (Wildman–Crippen MR) is 106 cm³/mol. The van der Waals surface area contributed by atoms with Gasteiger partial charge in [-0.25, -0.2) is 0 Å². The van der Waals surface area contributed by atoms with Gasteiger partial charge >= 0.3 is 0 Å². The van der Waals surface area contributed by atoms with Crippen LogP contribution in [0.3, 0.4) is 0 Å². The van der Waals surface area contributed by atoms with Gasteiger partial charge in [0.25, 0.3) is 5.69 Å². The summed E-state index contributed by atoms with van der Waals surface area (Å²) in [5.74, 6) is -0.118. The molecule has 1 saturated carbocycles. The number of likely N-dealkylation sites (tertiary alicyclic amines) is 1. The third-order valence-corrected chi connectivity index (χ3v) is 6.58. The average Bonchev–Trinajstić information content (AvgIpc) is 3.18. The number of likely N-dealkylation sites (N-methyl/N-ethyl adjacent to an activating group) is 1. The Morgan fingerprint density at radius 1 is 1.19 bits per heavy atom. The molecule has 1 amide bonds. The van der Waals surface area contributed by atoms with Gasteiger partial charge in [-0.1, -0.05) is 36.0 Å². The van der Waals surface area contributed by atoms with Gasteiger partial charge in [-0.05, 0) is 44.8 Å². The fourth-order valence-electron chi connectivity index (χ4n) is 4.40. The molecular formula is C19H25Cl2N3O3. The SMILES string of the molecule is CN(C(=O)Cc1cc(Cl)c(Cl)cc1[N+](=O)[O-])C1CCCC[C@@H]1N1CCCC1. The van der Waals surface area contributed by atoms with Crippen molar-refractivity contribution >= 4 is 34.8 Å². The Labute approximate surface area is 169 Å². The monoisotopic (exact) mass is 413 g/mol. The summed E-state index contributed by atoms with van der Waals surface area (Å²) in [6.07, 6.45) is 6.78. The summed E-state index contributed by atoms with van der Waals surface area (Å²) >= 11 is 11.9. The molecule has 2 atom stereocenters. The molecule has 1 heterocycles. The summed E-state index contributed by atoms with van der Waals surface area (Å²) in [5.41, 5.74) is 0.144. The van der Waals surface area contributed by atoms with Gasteiger partial charge in [0.05, 0.1) is 21.4 Å². The number of halogens is 2. The van der Waals surface area contributed by atoms with E-state index in [4.69, 9.17) is 23.2 Å². The topological polar surface area (TPSA) is 66.7 Å². The molecule has 0 N–H and O–H groups in total. The Hall–Kier alpha value is -1.37. The lowest BCUT2D eigenvalue weighted by molar-refractivity contribution is -0.385. The van der Waals surface area contributed by atoms with Crippen LogP contribution >= 0.6 is 23.2 Å². The van der Waals surface area contributed by atoms with Gasteiger partial charge in [0.15, 0.2) is 0 Å². The van der Waals surface area contributed by atoms with Gasteiger partial charge in [0.1, 0.15) is 0 Å². The second-order valence-corrected chi connectivity index (χ2v) is 8.31. The molecule has 1 unspecified atom stereocenters. The van der Waals surface area contributed by atoms with Crippen molar-refractivity contribution in [1.82, 2.24) is 9.80 Å². The fraction of sp³-hybridized carbons (Fsp3) is 0.632. The van der Waals surface area contributed by atoms with Gasteiger partial charge in [-0.15, -0.1) is 0 Å². The molecule has 1 saturated heterocycles. The molecule has 1 aliphatic carbocycles. The highest BCUT2D eigenvalue weighted by Crippen LogP contribution is 2.32. The number of hydrogen-bond donors (Lipinski definition) is 0. The van der Waals surface area contributed by atoms with E-state index in [9.17, 15) is 14.9 Å². The van der Waals surface area contributed by atoms with Crippen LogP contribution in [0, 0.1) is 10.1 Å². The largest absolute Gasteiger partial charge is 0.341 e. The summed E-state index contributed by atoms with van der Waals surface area (Å²) in [6, 6.07) is 3.21. The van der Waals surface area contributed by atoms with Gasteiger partial charge in [0.2, 0.25) is 5.91 Å². The molecule has 0 aromatic heterocycles. The first kappa shape index (κ1) is 20.4. The lowest BCUT2D eigenvalue weighted by atomic mass is 9.88. The van der Waals surface area contributed by atoms with Crippen LogP contribution in [0.4, 0.5) is 5.69 Å². The van der Waals surface area contributed by atoms with Crippen LogP contribution in [-0.2, 0) is 11.2 Å². The Morgan fingerprint density at radius 3 is 2.48 bits per heavy atom. The summed E-state index contributed by atoms with van der Waals surface area (Å²) in [6.45, 7) is 2.20. The van der Waals surface area contributed by atoms with E-state index < -0.39 is 4.92 Å². The number of nitro groups is 1. The molecule has 8 heteroatoms. The third-order valence-electron chi connectivity index (χ3n) is 5.85. The molecule has 6 nitrogen and oxygen atoms in total. The maximum atomic E-state index is 13.0. The minimum absolute atomic E-state index is 0.0487. The number of rotatable bonds is 5. The van der Waals surface area contributed by atoms with Crippen LogP contribution in [0.1, 0.15) is 44.1 Å². The zero-order valence-electron chi connectivity index (χ0n) is 15.5. The number of hydrogen-bond acceptors (Lipinski definition) is 4. The molecule has 2 fully saturated rings. The van der Waals surface area contributed by atoms with Crippen LogP contribution in [0.25, 0.3) is 0 Å². The normalized spacial score (nSPS) is 23.4. The van der Waals surface area contributed by atoms with Crippen molar-refractivity contribution in [3.8, 4) is 0 Å². The van der Waals surface area contributed by atoms with E-state index in [1.807, 2.05) is 7.05 Å². The first-order valence-electron chi connectivity index (χ1n) is 9.50. The third kappa shape index (κ3) is 4.55. The highest BCUT2D eigenvalue weighted by atomic mass is 35.5. The number of carbonyl (C=O) groups excluding carboxylic acids is 1. The minimum atomic E-state index is -0.515. The summed E-state index contributed by atoms with van der Waals surface area (Å²) in [4.78, 5) is 28.1.